The Labute approximate surface area is 144 Å². The lowest BCUT2D eigenvalue weighted by Gasteiger charge is -2.05. The third kappa shape index (κ3) is 4.03. The molecule has 0 bridgehead atoms. The molecule has 8 nitrogen and oxygen atoms in total. The number of aryl methyl sites for hydroxylation is 1. The minimum Gasteiger partial charge on any atom is -0.478 e. The maximum absolute atomic E-state index is 10.9. The van der Waals surface area contributed by atoms with Crippen LogP contribution in [0.4, 0.5) is 5.95 Å². The standard InChI is InChI=1S/C17H19N5O3/c1-2-3-10-22-17(19-20-21-22)18-11-14-8-9-15(25-14)12-4-6-13(7-5-12)16(23)24/h4-9H,2-3,10-11H2,1H3,(H,23,24)(H,18,19,21). The number of anilines is 1. The van der Waals surface area contributed by atoms with E-state index in [1.165, 1.54) is 0 Å². The Balaban J connectivity index is 1.64. The lowest BCUT2D eigenvalue weighted by molar-refractivity contribution is 0.0697. The summed E-state index contributed by atoms with van der Waals surface area (Å²) >= 11 is 0. The molecule has 2 N–H and O–H groups in total. The van der Waals surface area contributed by atoms with Gasteiger partial charge in [-0.15, -0.1) is 0 Å². The Morgan fingerprint density at radius 3 is 2.76 bits per heavy atom. The molecule has 0 aliphatic carbocycles. The first-order valence-corrected chi connectivity index (χ1v) is 8.10. The molecule has 3 rings (SSSR count). The van der Waals surface area contributed by atoms with Gasteiger partial charge >= 0.3 is 5.97 Å². The van der Waals surface area contributed by atoms with Crippen molar-refractivity contribution < 1.29 is 14.3 Å². The van der Waals surface area contributed by atoms with Crippen LogP contribution < -0.4 is 5.32 Å². The Morgan fingerprint density at radius 2 is 2.04 bits per heavy atom. The monoisotopic (exact) mass is 341 g/mol. The van der Waals surface area contributed by atoms with Crippen LogP contribution in [0.1, 0.15) is 35.9 Å². The Bertz CT molecular complexity index is 838. The molecular weight excluding hydrogens is 322 g/mol. The van der Waals surface area contributed by atoms with E-state index in [9.17, 15) is 4.79 Å². The summed E-state index contributed by atoms with van der Waals surface area (Å²) in [5.74, 6) is 1.08. The van der Waals surface area contributed by atoms with Gasteiger partial charge in [-0.1, -0.05) is 30.6 Å². The zero-order valence-electron chi connectivity index (χ0n) is 13.8. The molecule has 2 heterocycles. The van der Waals surface area contributed by atoms with E-state index in [0.29, 0.717) is 18.3 Å². The van der Waals surface area contributed by atoms with Gasteiger partial charge in [0.15, 0.2) is 0 Å². The van der Waals surface area contributed by atoms with Crippen LogP contribution in [0.5, 0.6) is 0 Å². The first kappa shape index (κ1) is 16.7. The maximum atomic E-state index is 10.9. The summed E-state index contributed by atoms with van der Waals surface area (Å²) in [6.45, 7) is 3.34. The van der Waals surface area contributed by atoms with E-state index in [-0.39, 0.29) is 5.56 Å². The summed E-state index contributed by atoms with van der Waals surface area (Å²) in [7, 11) is 0. The Morgan fingerprint density at radius 1 is 1.24 bits per heavy atom. The summed E-state index contributed by atoms with van der Waals surface area (Å²) in [4.78, 5) is 10.9. The van der Waals surface area contributed by atoms with Crippen molar-refractivity contribution in [1.29, 1.82) is 0 Å². The van der Waals surface area contributed by atoms with Crippen LogP contribution in [0.15, 0.2) is 40.8 Å². The number of nitrogens with one attached hydrogen (secondary N) is 1. The summed E-state index contributed by atoms with van der Waals surface area (Å²) in [5.41, 5.74) is 1.07. The molecule has 0 aliphatic heterocycles. The topological polar surface area (TPSA) is 106 Å². The molecule has 0 saturated carbocycles. The molecule has 25 heavy (non-hydrogen) atoms. The van der Waals surface area contributed by atoms with E-state index < -0.39 is 5.97 Å². The van der Waals surface area contributed by atoms with Gasteiger partial charge in [-0.05, 0) is 41.1 Å². The van der Waals surface area contributed by atoms with E-state index in [2.05, 4.69) is 27.8 Å². The molecule has 130 valence electrons. The van der Waals surface area contributed by atoms with Crippen molar-refractivity contribution in [3.63, 3.8) is 0 Å². The van der Waals surface area contributed by atoms with Gasteiger partial charge in [0.05, 0.1) is 12.1 Å². The number of carbonyl (C=O) groups is 1. The summed E-state index contributed by atoms with van der Waals surface area (Å²) in [6.07, 6.45) is 2.08. The van der Waals surface area contributed by atoms with Crippen LogP contribution in [0.25, 0.3) is 11.3 Å². The van der Waals surface area contributed by atoms with Crippen LogP contribution in [-0.2, 0) is 13.1 Å². The van der Waals surface area contributed by atoms with Gasteiger partial charge < -0.3 is 14.8 Å². The summed E-state index contributed by atoms with van der Waals surface area (Å²) < 4.78 is 7.54. The van der Waals surface area contributed by atoms with Crippen molar-refractivity contribution in [1.82, 2.24) is 20.2 Å². The normalized spacial score (nSPS) is 10.8. The minimum atomic E-state index is -0.948. The average Bonchev–Trinajstić information content (AvgIpc) is 3.27. The molecule has 0 spiro atoms. The number of carboxylic acid groups (broad SMARTS) is 1. The number of carboxylic acids is 1. The first-order chi connectivity index (χ1) is 12.2. The van der Waals surface area contributed by atoms with Crippen molar-refractivity contribution in [3.8, 4) is 11.3 Å². The number of aromatic nitrogens is 4. The highest BCUT2D eigenvalue weighted by Gasteiger charge is 2.09. The zero-order valence-corrected chi connectivity index (χ0v) is 13.8. The second-order valence-corrected chi connectivity index (χ2v) is 5.58. The molecule has 2 aromatic heterocycles. The third-order valence-corrected chi connectivity index (χ3v) is 3.75. The first-order valence-electron chi connectivity index (χ1n) is 8.10. The van der Waals surface area contributed by atoms with Crippen LogP contribution >= 0.6 is 0 Å². The number of hydrogen-bond donors (Lipinski definition) is 2. The number of unbranched alkanes of at least 4 members (excludes halogenated alkanes) is 1. The predicted molar refractivity (Wildman–Crippen MR) is 91.2 cm³/mol. The molecule has 0 atom stereocenters. The lowest BCUT2D eigenvalue weighted by Crippen LogP contribution is -2.08. The average molecular weight is 341 g/mol. The number of furan rings is 1. The second kappa shape index (κ2) is 7.61. The predicted octanol–water partition coefficient (Wildman–Crippen LogP) is 3.04. The number of nitrogens with zero attached hydrogens (tertiary/aromatic N) is 4. The number of aromatic carboxylic acids is 1. The van der Waals surface area contributed by atoms with E-state index >= 15 is 0 Å². The quantitative estimate of drug-likeness (QED) is 0.648. The van der Waals surface area contributed by atoms with E-state index in [0.717, 1.165) is 30.7 Å². The smallest absolute Gasteiger partial charge is 0.335 e. The largest absolute Gasteiger partial charge is 0.478 e. The fraction of sp³-hybridized carbons (Fsp3) is 0.294. The van der Waals surface area contributed by atoms with Gasteiger partial charge in [-0.3, -0.25) is 0 Å². The van der Waals surface area contributed by atoms with E-state index in [4.69, 9.17) is 9.52 Å². The molecule has 3 aromatic rings. The third-order valence-electron chi connectivity index (χ3n) is 3.75. The van der Waals surface area contributed by atoms with E-state index in [1.807, 2.05) is 12.1 Å². The molecule has 0 fully saturated rings. The number of tetrazole rings is 1. The highest BCUT2D eigenvalue weighted by molar-refractivity contribution is 5.88. The zero-order chi connectivity index (χ0) is 17.6. The SMILES string of the molecule is CCCCn1nnnc1NCc1ccc(-c2ccc(C(=O)O)cc2)o1. The molecular formula is C17H19N5O3. The van der Waals surface area contributed by atoms with Crippen molar-refractivity contribution in [2.24, 2.45) is 0 Å². The van der Waals surface area contributed by atoms with Crippen LogP contribution in [0.3, 0.4) is 0 Å². The van der Waals surface area contributed by atoms with Gasteiger partial charge in [0.2, 0.25) is 5.95 Å². The molecule has 1 aromatic carbocycles. The van der Waals surface area contributed by atoms with Crippen molar-refractivity contribution in [2.75, 3.05) is 5.32 Å². The minimum absolute atomic E-state index is 0.246. The Hall–Kier alpha value is -3.16. The van der Waals surface area contributed by atoms with Gasteiger partial charge in [0, 0.05) is 12.1 Å². The van der Waals surface area contributed by atoms with Crippen molar-refractivity contribution >= 4 is 11.9 Å². The number of rotatable bonds is 8. The number of hydrogen-bond acceptors (Lipinski definition) is 6. The molecule has 0 saturated heterocycles. The highest BCUT2D eigenvalue weighted by Crippen LogP contribution is 2.23. The van der Waals surface area contributed by atoms with Crippen LogP contribution in [0, 0.1) is 0 Å². The molecule has 0 unspecified atom stereocenters. The van der Waals surface area contributed by atoms with Crippen molar-refractivity contribution in [2.45, 2.75) is 32.9 Å². The fourth-order valence-electron chi connectivity index (χ4n) is 2.36. The summed E-state index contributed by atoms with van der Waals surface area (Å²) in [5, 5.41) is 23.7. The lowest BCUT2D eigenvalue weighted by atomic mass is 10.1. The van der Waals surface area contributed by atoms with Gasteiger partial charge in [-0.25, -0.2) is 9.48 Å². The fourth-order valence-corrected chi connectivity index (χ4v) is 2.36. The molecule has 0 amide bonds. The van der Waals surface area contributed by atoms with Gasteiger partial charge in [-0.2, -0.15) is 0 Å². The molecule has 8 heteroatoms. The van der Waals surface area contributed by atoms with E-state index in [1.54, 1.807) is 28.9 Å². The molecule has 0 radical (unpaired) electrons. The van der Waals surface area contributed by atoms with Crippen LogP contribution in [0.2, 0.25) is 0 Å². The maximum Gasteiger partial charge on any atom is 0.335 e. The van der Waals surface area contributed by atoms with Gasteiger partial charge in [0.25, 0.3) is 0 Å². The second-order valence-electron chi connectivity index (χ2n) is 5.58. The Kier molecular flexibility index (Phi) is 5.08. The van der Waals surface area contributed by atoms with Crippen LogP contribution in [-0.4, -0.2) is 31.3 Å². The molecule has 0 aliphatic rings. The number of benzene rings is 1. The highest BCUT2D eigenvalue weighted by atomic mass is 16.4. The van der Waals surface area contributed by atoms with Gasteiger partial charge in [0.1, 0.15) is 11.5 Å². The summed E-state index contributed by atoms with van der Waals surface area (Å²) in [6, 6.07) is 10.3. The van der Waals surface area contributed by atoms with Crippen molar-refractivity contribution in [3.05, 3.63) is 47.7 Å².